The molecule has 1 aliphatic heterocycles. The molecule has 0 bridgehead atoms. The van der Waals surface area contributed by atoms with Gasteiger partial charge in [0.2, 0.25) is 15.9 Å². The van der Waals surface area contributed by atoms with Crippen LogP contribution in [0.3, 0.4) is 0 Å². The van der Waals surface area contributed by atoms with Crippen LogP contribution >= 0.6 is 0 Å². The van der Waals surface area contributed by atoms with E-state index in [0.29, 0.717) is 24.4 Å². The first-order valence-corrected chi connectivity index (χ1v) is 12.0. The number of fused-ring (bicyclic) bond motifs is 1. The second-order valence-corrected chi connectivity index (χ2v) is 9.76. The smallest absolute Gasteiger partial charge is 0.243 e. The van der Waals surface area contributed by atoms with Crippen LogP contribution < -0.4 is 14.8 Å². The number of nitrogens with zero attached hydrogens (tertiary/aromatic N) is 1. The van der Waals surface area contributed by atoms with E-state index in [-0.39, 0.29) is 23.8 Å². The van der Waals surface area contributed by atoms with Crippen LogP contribution in [0.25, 0.3) is 0 Å². The molecule has 0 saturated heterocycles. The molecular formula is C25H26N2O5S. The second kappa shape index (κ2) is 9.64. The maximum atomic E-state index is 13.1. The summed E-state index contributed by atoms with van der Waals surface area (Å²) in [5.74, 6) is 1.20. The Labute approximate surface area is 194 Å². The highest BCUT2D eigenvalue weighted by atomic mass is 32.2. The number of anilines is 1. The number of ether oxygens (including phenoxy) is 2. The Morgan fingerprint density at radius 2 is 1.55 bits per heavy atom. The molecule has 0 atom stereocenters. The van der Waals surface area contributed by atoms with Gasteiger partial charge in [-0.2, -0.15) is 4.31 Å². The molecule has 0 radical (unpaired) electrons. The lowest BCUT2D eigenvalue weighted by molar-refractivity contribution is -0.115. The summed E-state index contributed by atoms with van der Waals surface area (Å²) in [7, 11) is -0.493. The summed E-state index contributed by atoms with van der Waals surface area (Å²) in [4.78, 5) is 12.7. The van der Waals surface area contributed by atoms with Crippen molar-refractivity contribution in [3.63, 3.8) is 0 Å². The van der Waals surface area contributed by atoms with E-state index in [1.165, 1.54) is 4.31 Å². The molecule has 0 fully saturated rings. The largest absolute Gasteiger partial charge is 0.497 e. The third kappa shape index (κ3) is 5.18. The number of carbonyl (C=O) groups is 1. The van der Waals surface area contributed by atoms with Crippen molar-refractivity contribution in [1.29, 1.82) is 0 Å². The molecule has 0 unspecified atom stereocenters. The summed E-state index contributed by atoms with van der Waals surface area (Å²) >= 11 is 0. The molecule has 1 heterocycles. The SMILES string of the molecule is COc1ccc(CC(=O)Nc2ccc3c(c2)CN(S(=O)(=O)c2ccc(OC)cc2)CC3)cc1. The minimum Gasteiger partial charge on any atom is -0.497 e. The van der Waals surface area contributed by atoms with E-state index in [4.69, 9.17) is 9.47 Å². The van der Waals surface area contributed by atoms with Crippen LogP contribution in [0.5, 0.6) is 11.5 Å². The lowest BCUT2D eigenvalue weighted by Gasteiger charge is -2.28. The molecule has 172 valence electrons. The molecule has 0 spiro atoms. The molecule has 7 nitrogen and oxygen atoms in total. The van der Waals surface area contributed by atoms with Gasteiger partial charge in [-0.05, 0) is 71.6 Å². The van der Waals surface area contributed by atoms with Gasteiger partial charge in [-0.3, -0.25) is 4.79 Å². The standard InChI is InChI=1S/C25H26N2O5S/c1-31-22-7-3-18(4-8-22)15-25(28)26-21-6-5-19-13-14-27(17-20(19)16-21)33(29,30)24-11-9-23(32-2)10-12-24/h3-12,16H,13-15,17H2,1-2H3,(H,26,28). The Kier molecular flexibility index (Phi) is 6.67. The minimum atomic E-state index is -3.63. The molecule has 1 amide bonds. The Bertz CT molecular complexity index is 1240. The summed E-state index contributed by atoms with van der Waals surface area (Å²) in [6, 6.07) is 19.4. The molecule has 3 aromatic rings. The van der Waals surface area contributed by atoms with Crippen molar-refractivity contribution >= 4 is 21.6 Å². The average Bonchev–Trinajstić information content (AvgIpc) is 2.84. The number of methoxy groups -OCH3 is 2. The van der Waals surface area contributed by atoms with Gasteiger partial charge in [-0.25, -0.2) is 8.42 Å². The molecular weight excluding hydrogens is 440 g/mol. The van der Waals surface area contributed by atoms with Crippen LogP contribution in [0.4, 0.5) is 5.69 Å². The summed E-state index contributed by atoms with van der Waals surface area (Å²) in [5, 5.41) is 2.92. The van der Waals surface area contributed by atoms with E-state index < -0.39 is 10.0 Å². The van der Waals surface area contributed by atoms with Crippen LogP contribution in [0.1, 0.15) is 16.7 Å². The normalized spacial score (nSPS) is 13.8. The van der Waals surface area contributed by atoms with Gasteiger partial charge in [0.05, 0.1) is 25.5 Å². The third-order valence-corrected chi connectivity index (χ3v) is 7.55. The lowest BCUT2D eigenvalue weighted by atomic mass is 10.0. The quantitative estimate of drug-likeness (QED) is 0.575. The van der Waals surface area contributed by atoms with Gasteiger partial charge < -0.3 is 14.8 Å². The van der Waals surface area contributed by atoms with E-state index in [2.05, 4.69) is 5.32 Å². The van der Waals surface area contributed by atoms with E-state index >= 15 is 0 Å². The topological polar surface area (TPSA) is 84.9 Å². The molecule has 33 heavy (non-hydrogen) atoms. The Balaban J connectivity index is 1.45. The van der Waals surface area contributed by atoms with Crippen molar-refractivity contribution in [2.75, 3.05) is 26.1 Å². The van der Waals surface area contributed by atoms with Gasteiger partial charge in [-0.1, -0.05) is 18.2 Å². The van der Waals surface area contributed by atoms with Crippen LogP contribution in [-0.2, 0) is 34.2 Å². The fourth-order valence-electron chi connectivity index (χ4n) is 3.84. The summed E-state index contributed by atoms with van der Waals surface area (Å²) < 4.78 is 38.0. The number of rotatable bonds is 7. The Morgan fingerprint density at radius 1 is 0.909 bits per heavy atom. The summed E-state index contributed by atoms with van der Waals surface area (Å²) in [6.07, 6.45) is 0.851. The maximum absolute atomic E-state index is 13.1. The highest BCUT2D eigenvalue weighted by Gasteiger charge is 2.28. The lowest BCUT2D eigenvalue weighted by Crippen LogP contribution is -2.36. The molecule has 4 rings (SSSR count). The average molecular weight is 467 g/mol. The number of benzene rings is 3. The highest BCUT2D eigenvalue weighted by Crippen LogP contribution is 2.28. The van der Waals surface area contributed by atoms with Crippen molar-refractivity contribution < 1.29 is 22.7 Å². The van der Waals surface area contributed by atoms with Gasteiger partial charge in [0.25, 0.3) is 0 Å². The summed E-state index contributed by atoms with van der Waals surface area (Å²) in [5.41, 5.74) is 3.50. The Hall–Kier alpha value is -3.36. The zero-order chi connectivity index (χ0) is 23.4. The van der Waals surface area contributed by atoms with Gasteiger partial charge in [0.15, 0.2) is 0 Å². The molecule has 0 aliphatic carbocycles. The fraction of sp³-hybridized carbons (Fsp3) is 0.240. The Morgan fingerprint density at radius 3 is 2.18 bits per heavy atom. The molecule has 1 aliphatic rings. The fourth-order valence-corrected chi connectivity index (χ4v) is 5.26. The van der Waals surface area contributed by atoms with Gasteiger partial charge in [-0.15, -0.1) is 0 Å². The predicted octanol–water partition coefficient (Wildman–Crippen LogP) is 3.63. The van der Waals surface area contributed by atoms with Crippen LogP contribution in [-0.4, -0.2) is 39.4 Å². The number of amides is 1. The first-order valence-electron chi connectivity index (χ1n) is 10.6. The van der Waals surface area contributed by atoms with E-state index in [9.17, 15) is 13.2 Å². The van der Waals surface area contributed by atoms with Crippen molar-refractivity contribution in [1.82, 2.24) is 4.31 Å². The zero-order valence-corrected chi connectivity index (χ0v) is 19.4. The molecule has 0 saturated carbocycles. The zero-order valence-electron chi connectivity index (χ0n) is 18.6. The number of carbonyl (C=O) groups excluding carboxylic acids is 1. The first-order chi connectivity index (χ1) is 15.9. The maximum Gasteiger partial charge on any atom is 0.243 e. The van der Waals surface area contributed by atoms with Gasteiger partial charge in [0.1, 0.15) is 11.5 Å². The summed E-state index contributed by atoms with van der Waals surface area (Å²) in [6.45, 7) is 0.663. The van der Waals surface area contributed by atoms with Crippen molar-refractivity contribution in [2.45, 2.75) is 24.3 Å². The number of sulfonamides is 1. The van der Waals surface area contributed by atoms with E-state index in [1.54, 1.807) is 38.5 Å². The second-order valence-electron chi connectivity index (χ2n) is 7.82. The van der Waals surface area contributed by atoms with Gasteiger partial charge >= 0.3 is 0 Å². The third-order valence-electron chi connectivity index (χ3n) is 5.69. The van der Waals surface area contributed by atoms with Crippen molar-refractivity contribution in [3.8, 4) is 11.5 Å². The van der Waals surface area contributed by atoms with Crippen LogP contribution in [0.2, 0.25) is 0 Å². The van der Waals surface area contributed by atoms with Crippen LogP contribution in [0.15, 0.2) is 71.6 Å². The number of nitrogens with one attached hydrogen (secondary N) is 1. The first kappa shape index (κ1) is 22.8. The molecule has 1 N–H and O–H groups in total. The number of hydrogen-bond acceptors (Lipinski definition) is 5. The predicted molar refractivity (Wildman–Crippen MR) is 126 cm³/mol. The minimum absolute atomic E-state index is 0.140. The van der Waals surface area contributed by atoms with E-state index in [0.717, 1.165) is 22.4 Å². The monoisotopic (exact) mass is 466 g/mol. The van der Waals surface area contributed by atoms with Crippen molar-refractivity contribution in [3.05, 3.63) is 83.4 Å². The van der Waals surface area contributed by atoms with E-state index in [1.807, 2.05) is 42.5 Å². The van der Waals surface area contributed by atoms with Gasteiger partial charge in [0, 0.05) is 18.8 Å². The molecule has 0 aromatic heterocycles. The molecule has 3 aromatic carbocycles. The van der Waals surface area contributed by atoms with Crippen LogP contribution in [0, 0.1) is 0 Å². The highest BCUT2D eigenvalue weighted by molar-refractivity contribution is 7.89. The molecule has 8 heteroatoms. The van der Waals surface area contributed by atoms with Crippen molar-refractivity contribution in [2.24, 2.45) is 0 Å². The number of hydrogen-bond donors (Lipinski definition) is 1.